The number of nitrogens with zero attached hydrogens (tertiary/aromatic N) is 4. The fourth-order valence-electron chi connectivity index (χ4n) is 2.08. The zero-order chi connectivity index (χ0) is 14.7. The van der Waals surface area contributed by atoms with Crippen LogP contribution >= 0.6 is 0 Å². The van der Waals surface area contributed by atoms with Gasteiger partial charge < -0.3 is 0 Å². The molecule has 3 rings (SSSR count). The van der Waals surface area contributed by atoms with Gasteiger partial charge in [0, 0.05) is 5.56 Å². The van der Waals surface area contributed by atoms with Crippen molar-refractivity contribution in [3.8, 4) is 17.3 Å². The highest BCUT2D eigenvalue weighted by molar-refractivity contribution is 5.58. The lowest BCUT2D eigenvalue weighted by Gasteiger charge is -2.06. The van der Waals surface area contributed by atoms with Crippen LogP contribution in [0.1, 0.15) is 11.1 Å². The minimum Gasteiger partial charge on any atom is -0.240 e. The van der Waals surface area contributed by atoms with Crippen molar-refractivity contribution in [3.63, 3.8) is 0 Å². The summed E-state index contributed by atoms with van der Waals surface area (Å²) in [5, 5.41) is 16.8. The Kier molecular flexibility index (Phi) is 3.44. The van der Waals surface area contributed by atoms with Gasteiger partial charge in [-0.3, -0.25) is 0 Å². The second kappa shape index (κ2) is 5.55. The first-order chi connectivity index (χ1) is 10.3. The molecular weight excluding hydrogens is 267 g/mol. The average Bonchev–Trinajstić information content (AvgIpc) is 2.97. The number of hydrogen-bond donors (Lipinski definition) is 0. The molecule has 102 valence electrons. The molecule has 0 aliphatic rings. The first-order valence-corrected chi connectivity index (χ1v) is 6.40. The first kappa shape index (κ1) is 13.0. The largest absolute Gasteiger partial charge is 0.240 e. The van der Waals surface area contributed by atoms with Crippen LogP contribution in [0.25, 0.3) is 11.3 Å². The summed E-state index contributed by atoms with van der Waals surface area (Å²) in [7, 11) is 0. The van der Waals surface area contributed by atoms with Gasteiger partial charge in [-0.1, -0.05) is 17.3 Å². The molecule has 0 saturated carbocycles. The van der Waals surface area contributed by atoms with Gasteiger partial charge in [-0.25, -0.2) is 9.07 Å². The van der Waals surface area contributed by atoms with Gasteiger partial charge in [0.1, 0.15) is 5.82 Å². The quantitative estimate of drug-likeness (QED) is 0.740. The summed E-state index contributed by atoms with van der Waals surface area (Å²) < 4.78 is 14.7. The lowest BCUT2D eigenvalue weighted by Crippen LogP contribution is -2.04. The molecule has 0 spiro atoms. The predicted molar refractivity (Wildman–Crippen MR) is 75.7 cm³/mol. The molecule has 1 aromatic heterocycles. The van der Waals surface area contributed by atoms with Crippen molar-refractivity contribution in [2.45, 2.75) is 6.54 Å². The van der Waals surface area contributed by atoms with Crippen molar-refractivity contribution < 1.29 is 4.39 Å². The van der Waals surface area contributed by atoms with Gasteiger partial charge in [-0.2, -0.15) is 5.26 Å². The van der Waals surface area contributed by atoms with E-state index in [0.717, 1.165) is 16.8 Å². The van der Waals surface area contributed by atoms with Crippen LogP contribution in [-0.4, -0.2) is 15.0 Å². The van der Waals surface area contributed by atoms with Crippen molar-refractivity contribution in [2.75, 3.05) is 0 Å². The van der Waals surface area contributed by atoms with Crippen molar-refractivity contribution in [3.05, 3.63) is 71.7 Å². The van der Waals surface area contributed by atoms with E-state index in [-0.39, 0.29) is 5.82 Å². The summed E-state index contributed by atoms with van der Waals surface area (Å²) in [6.45, 7) is 0.540. The van der Waals surface area contributed by atoms with Crippen LogP contribution < -0.4 is 0 Å². The third-order valence-electron chi connectivity index (χ3n) is 3.17. The minimum absolute atomic E-state index is 0.273. The lowest BCUT2D eigenvalue weighted by molar-refractivity contribution is 0.627. The molecule has 0 fully saturated rings. The second-order valence-corrected chi connectivity index (χ2v) is 4.59. The molecule has 0 amide bonds. The number of halogens is 1. The van der Waals surface area contributed by atoms with E-state index in [2.05, 4.69) is 16.4 Å². The summed E-state index contributed by atoms with van der Waals surface area (Å²) in [6, 6.07) is 15.6. The van der Waals surface area contributed by atoms with Crippen LogP contribution in [0.5, 0.6) is 0 Å². The van der Waals surface area contributed by atoms with Crippen molar-refractivity contribution in [1.82, 2.24) is 15.0 Å². The Balaban J connectivity index is 1.88. The van der Waals surface area contributed by atoms with Crippen molar-refractivity contribution in [1.29, 1.82) is 5.26 Å². The molecule has 4 nitrogen and oxygen atoms in total. The molecule has 0 atom stereocenters. The molecule has 1 heterocycles. The number of aromatic nitrogens is 3. The van der Waals surface area contributed by atoms with Crippen LogP contribution in [-0.2, 0) is 6.54 Å². The molecule has 0 N–H and O–H groups in total. The Morgan fingerprint density at radius 3 is 2.43 bits per heavy atom. The zero-order valence-corrected chi connectivity index (χ0v) is 11.1. The molecule has 2 aromatic carbocycles. The maximum Gasteiger partial charge on any atom is 0.123 e. The fraction of sp³-hybridized carbons (Fsp3) is 0.0625. The SMILES string of the molecule is N#Cc1ccc(Cn2nncc2-c2ccc(F)cc2)cc1. The minimum atomic E-state index is -0.273. The number of hydrogen-bond acceptors (Lipinski definition) is 3. The Hall–Kier alpha value is -3.00. The topological polar surface area (TPSA) is 54.5 Å². The highest BCUT2D eigenvalue weighted by atomic mass is 19.1. The van der Waals surface area contributed by atoms with E-state index in [1.165, 1.54) is 12.1 Å². The van der Waals surface area contributed by atoms with E-state index < -0.39 is 0 Å². The van der Waals surface area contributed by atoms with Crippen LogP contribution in [0, 0.1) is 17.1 Å². The van der Waals surface area contributed by atoms with Gasteiger partial charge in [0.15, 0.2) is 0 Å². The third-order valence-corrected chi connectivity index (χ3v) is 3.17. The van der Waals surface area contributed by atoms with E-state index in [4.69, 9.17) is 5.26 Å². The van der Waals surface area contributed by atoms with Gasteiger partial charge in [-0.15, -0.1) is 5.10 Å². The summed E-state index contributed by atoms with van der Waals surface area (Å²) in [4.78, 5) is 0. The maximum absolute atomic E-state index is 13.0. The van der Waals surface area contributed by atoms with Gasteiger partial charge >= 0.3 is 0 Å². The molecule has 0 radical (unpaired) electrons. The summed E-state index contributed by atoms with van der Waals surface area (Å²) in [6.07, 6.45) is 1.65. The Morgan fingerprint density at radius 1 is 1.05 bits per heavy atom. The highest BCUT2D eigenvalue weighted by Crippen LogP contribution is 2.19. The molecule has 0 unspecified atom stereocenters. The van der Waals surface area contributed by atoms with Gasteiger partial charge in [0.2, 0.25) is 0 Å². The number of rotatable bonds is 3. The van der Waals surface area contributed by atoms with Gasteiger partial charge in [-0.05, 0) is 42.0 Å². The molecular formula is C16H11FN4. The van der Waals surface area contributed by atoms with E-state index in [0.29, 0.717) is 12.1 Å². The summed E-state index contributed by atoms with van der Waals surface area (Å²) in [5.74, 6) is -0.273. The van der Waals surface area contributed by atoms with E-state index in [9.17, 15) is 4.39 Å². The Labute approximate surface area is 121 Å². The molecule has 0 saturated heterocycles. The molecule has 3 aromatic rings. The third kappa shape index (κ3) is 2.79. The number of nitriles is 1. The van der Waals surface area contributed by atoms with E-state index in [1.807, 2.05) is 12.1 Å². The highest BCUT2D eigenvalue weighted by Gasteiger charge is 2.07. The average molecular weight is 278 g/mol. The predicted octanol–water partition coefficient (Wildman–Crippen LogP) is 3.00. The van der Waals surface area contributed by atoms with Crippen LogP contribution in [0.15, 0.2) is 54.7 Å². The molecule has 0 aliphatic carbocycles. The van der Waals surface area contributed by atoms with Crippen LogP contribution in [0.2, 0.25) is 0 Å². The Bertz CT molecular complexity index is 782. The van der Waals surface area contributed by atoms with Gasteiger partial charge in [0.05, 0.1) is 30.1 Å². The van der Waals surface area contributed by atoms with Crippen LogP contribution in [0.3, 0.4) is 0 Å². The monoisotopic (exact) mass is 278 g/mol. The van der Waals surface area contributed by atoms with E-state index in [1.54, 1.807) is 35.1 Å². The standard InChI is InChI=1S/C16H11FN4/c17-15-7-5-14(6-8-15)16-10-19-20-21(16)11-13-3-1-12(9-18)2-4-13/h1-8,10H,11H2. The first-order valence-electron chi connectivity index (χ1n) is 6.40. The summed E-state index contributed by atoms with van der Waals surface area (Å²) >= 11 is 0. The normalized spacial score (nSPS) is 10.3. The van der Waals surface area contributed by atoms with Crippen molar-refractivity contribution >= 4 is 0 Å². The smallest absolute Gasteiger partial charge is 0.123 e. The number of benzene rings is 2. The molecule has 0 bridgehead atoms. The molecule has 5 heteroatoms. The van der Waals surface area contributed by atoms with Crippen LogP contribution in [0.4, 0.5) is 4.39 Å². The maximum atomic E-state index is 13.0. The second-order valence-electron chi connectivity index (χ2n) is 4.59. The van der Waals surface area contributed by atoms with Crippen molar-refractivity contribution in [2.24, 2.45) is 0 Å². The Morgan fingerprint density at radius 2 is 1.76 bits per heavy atom. The summed E-state index contributed by atoms with van der Waals surface area (Å²) in [5.41, 5.74) is 3.31. The fourth-order valence-corrected chi connectivity index (χ4v) is 2.08. The molecule has 0 aliphatic heterocycles. The van der Waals surface area contributed by atoms with Gasteiger partial charge in [0.25, 0.3) is 0 Å². The lowest BCUT2D eigenvalue weighted by atomic mass is 10.1. The molecule has 21 heavy (non-hydrogen) atoms. The van der Waals surface area contributed by atoms with E-state index >= 15 is 0 Å². The zero-order valence-electron chi connectivity index (χ0n) is 11.1.